The van der Waals surface area contributed by atoms with Gasteiger partial charge in [0.1, 0.15) is 0 Å². The summed E-state index contributed by atoms with van der Waals surface area (Å²) >= 11 is 0. The minimum Gasteiger partial charge on any atom is -0.392 e. The van der Waals surface area contributed by atoms with Crippen molar-refractivity contribution in [2.45, 2.75) is 46.8 Å². The molecule has 2 heteroatoms. The van der Waals surface area contributed by atoms with Crippen molar-refractivity contribution in [3.8, 4) is 0 Å². The Morgan fingerprint density at radius 3 is 1.92 bits per heavy atom. The summed E-state index contributed by atoms with van der Waals surface area (Å²) in [4.78, 5) is 0. The van der Waals surface area contributed by atoms with E-state index in [1.165, 1.54) is 0 Å². The SMILES string of the molecule is C/C=C(\C)[C@H](O)[C@@H](C)[C@@H](O)C(C)C. The summed E-state index contributed by atoms with van der Waals surface area (Å²) in [6.45, 7) is 9.57. The predicted molar refractivity (Wildman–Crippen MR) is 55.4 cm³/mol. The molecule has 13 heavy (non-hydrogen) atoms. The molecule has 0 aromatic rings. The highest BCUT2D eigenvalue weighted by Gasteiger charge is 2.25. The van der Waals surface area contributed by atoms with Crippen molar-refractivity contribution in [1.29, 1.82) is 0 Å². The van der Waals surface area contributed by atoms with Crippen LogP contribution in [0.15, 0.2) is 11.6 Å². The monoisotopic (exact) mass is 186 g/mol. The Morgan fingerprint density at radius 2 is 1.62 bits per heavy atom. The van der Waals surface area contributed by atoms with E-state index in [2.05, 4.69) is 0 Å². The molecular formula is C11H22O2. The first-order valence-corrected chi connectivity index (χ1v) is 4.90. The third-order valence-electron chi connectivity index (χ3n) is 2.64. The van der Waals surface area contributed by atoms with Crippen LogP contribution in [0.1, 0.15) is 34.6 Å². The number of hydrogen-bond acceptors (Lipinski definition) is 2. The number of allylic oxidation sites excluding steroid dienone is 1. The lowest BCUT2D eigenvalue weighted by molar-refractivity contribution is 0.0127. The molecular weight excluding hydrogens is 164 g/mol. The summed E-state index contributed by atoms with van der Waals surface area (Å²) in [5, 5.41) is 19.5. The van der Waals surface area contributed by atoms with Crippen LogP contribution in [0, 0.1) is 11.8 Å². The van der Waals surface area contributed by atoms with Gasteiger partial charge in [0.05, 0.1) is 12.2 Å². The van der Waals surface area contributed by atoms with Crippen LogP contribution in [0.3, 0.4) is 0 Å². The zero-order valence-corrected chi connectivity index (χ0v) is 9.28. The number of rotatable bonds is 4. The predicted octanol–water partition coefficient (Wildman–Crippen LogP) is 1.97. The van der Waals surface area contributed by atoms with Crippen molar-refractivity contribution < 1.29 is 10.2 Å². The second-order valence-corrected chi connectivity index (χ2v) is 4.07. The van der Waals surface area contributed by atoms with Gasteiger partial charge in [-0.25, -0.2) is 0 Å². The molecule has 0 amide bonds. The van der Waals surface area contributed by atoms with E-state index in [9.17, 15) is 10.2 Å². The molecule has 0 bridgehead atoms. The van der Waals surface area contributed by atoms with Crippen molar-refractivity contribution in [3.05, 3.63) is 11.6 Å². The second-order valence-electron chi connectivity index (χ2n) is 4.07. The first-order chi connectivity index (χ1) is 5.91. The van der Waals surface area contributed by atoms with Crippen molar-refractivity contribution in [2.75, 3.05) is 0 Å². The third-order valence-corrected chi connectivity index (χ3v) is 2.64. The Labute approximate surface area is 81.3 Å². The fraction of sp³-hybridized carbons (Fsp3) is 0.818. The molecule has 0 spiro atoms. The lowest BCUT2D eigenvalue weighted by Gasteiger charge is -2.27. The fourth-order valence-electron chi connectivity index (χ4n) is 1.38. The van der Waals surface area contributed by atoms with Gasteiger partial charge in [0.2, 0.25) is 0 Å². The lowest BCUT2D eigenvalue weighted by atomic mass is 9.87. The van der Waals surface area contributed by atoms with E-state index in [0.29, 0.717) is 0 Å². The Morgan fingerprint density at radius 1 is 1.15 bits per heavy atom. The van der Waals surface area contributed by atoms with Crippen LogP contribution in [-0.2, 0) is 0 Å². The first kappa shape index (κ1) is 12.7. The Bertz CT molecular complexity index is 173. The van der Waals surface area contributed by atoms with Crippen LogP contribution in [0.2, 0.25) is 0 Å². The summed E-state index contributed by atoms with van der Waals surface area (Å²) in [6.07, 6.45) is 0.918. The smallest absolute Gasteiger partial charge is 0.0797 e. The average molecular weight is 186 g/mol. The molecule has 0 unspecified atom stereocenters. The molecule has 0 radical (unpaired) electrons. The molecule has 2 nitrogen and oxygen atoms in total. The van der Waals surface area contributed by atoms with E-state index in [-0.39, 0.29) is 11.8 Å². The molecule has 0 aliphatic carbocycles. The molecule has 0 aromatic carbocycles. The van der Waals surface area contributed by atoms with Crippen LogP contribution in [0.25, 0.3) is 0 Å². The largest absolute Gasteiger partial charge is 0.392 e. The molecule has 78 valence electrons. The quantitative estimate of drug-likeness (QED) is 0.659. The molecule has 0 rings (SSSR count). The minimum atomic E-state index is -0.526. The highest BCUT2D eigenvalue weighted by molar-refractivity contribution is 5.05. The maximum Gasteiger partial charge on any atom is 0.0797 e. The zero-order valence-electron chi connectivity index (χ0n) is 9.28. The highest BCUT2D eigenvalue weighted by Crippen LogP contribution is 2.20. The maximum atomic E-state index is 9.78. The molecule has 0 fully saturated rings. The first-order valence-electron chi connectivity index (χ1n) is 4.90. The normalized spacial score (nSPS) is 20.2. The third kappa shape index (κ3) is 3.49. The van der Waals surface area contributed by atoms with Gasteiger partial charge in [-0.2, -0.15) is 0 Å². The van der Waals surface area contributed by atoms with Gasteiger partial charge in [-0.15, -0.1) is 0 Å². The van der Waals surface area contributed by atoms with E-state index in [1.54, 1.807) is 0 Å². The van der Waals surface area contributed by atoms with Crippen LogP contribution >= 0.6 is 0 Å². The van der Waals surface area contributed by atoms with Crippen LogP contribution in [0.4, 0.5) is 0 Å². The van der Waals surface area contributed by atoms with E-state index in [4.69, 9.17) is 0 Å². The fourth-order valence-corrected chi connectivity index (χ4v) is 1.38. The Kier molecular flexibility index (Phi) is 5.26. The van der Waals surface area contributed by atoms with Gasteiger partial charge >= 0.3 is 0 Å². The Hall–Kier alpha value is -0.340. The number of aliphatic hydroxyl groups excluding tert-OH is 2. The van der Waals surface area contributed by atoms with Gasteiger partial charge in [-0.1, -0.05) is 26.8 Å². The van der Waals surface area contributed by atoms with Gasteiger partial charge in [0.15, 0.2) is 0 Å². The van der Waals surface area contributed by atoms with Crippen molar-refractivity contribution in [1.82, 2.24) is 0 Å². The van der Waals surface area contributed by atoms with Gasteiger partial charge in [-0.3, -0.25) is 0 Å². The molecule has 0 aliphatic rings. The van der Waals surface area contributed by atoms with Crippen LogP contribution < -0.4 is 0 Å². The molecule has 0 aliphatic heterocycles. The zero-order chi connectivity index (χ0) is 10.6. The number of aliphatic hydroxyl groups is 2. The van der Waals surface area contributed by atoms with Gasteiger partial charge < -0.3 is 10.2 Å². The summed E-state index contributed by atoms with van der Waals surface area (Å²) in [7, 11) is 0. The van der Waals surface area contributed by atoms with Crippen LogP contribution in [0.5, 0.6) is 0 Å². The van der Waals surface area contributed by atoms with E-state index < -0.39 is 12.2 Å². The molecule has 0 saturated carbocycles. The molecule has 3 atom stereocenters. The maximum absolute atomic E-state index is 9.78. The van der Waals surface area contributed by atoms with Gasteiger partial charge in [0.25, 0.3) is 0 Å². The summed E-state index contributed by atoms with van der Waals surface area (Å²) in [5.41, 5.74) is 0.923. The summed E-state index contributed by atoms with van der Waals surface area (Å²) in [5.74, 6) is 0.0884. The van der Waals surface area contributed by atoms with Gasteiger partial charge in [-0.05, 0) is 25.3 Å². The van der Waals surface area contributed by atoms with Crippen molar-refractivity contribution in [2.24, 2.45) is 11.8 Å². The van der Waals surface area contributed by atoms with Gasteiger partial charge in [0, 0.05) is 5.92 Å². The second kappa shape index (κ2) is 5.40. The topological polar surface area (TPSA) is 40.5 Å². The summed E-state index contributed by atoms with van der Waals surface area (Å²) < 4.78 is 0. The summed E-state index contributed by atoms with van der Waals surface area (Å²) in [6, 6.07) is 0. The van der Waals surface area contributed by atoms with Crippen molar-refractivity contribution >= 4 is 0 Å². The van der Waals surface area contributed by atoms with E-state index >= 15 is 0 Å². The van der Waals surface area contributed by atoms with E-state index in [0.717, 1.165) is 5.57 Å². The molecule has 0 aromatic heterocycles. The lowest BCUT2D eigenvalue weighted by Crippen LogP contribution is -2.33. The molecule has 2 N–H and O–H groups in total. The Balaban J connectivity index is 4.33. The average Bonchev–Trinajstić information content (AvgIpc) is 2.12. The van der Waals surface area contributed by atoms with Crippen LogP contribution in [-0.4, -0.2) is 22.4 Å². The van der Waals surface area contributed by atoms with E-state index in [1.807, 2.05) is 40.7 Å². The van der Waals surface area contributed by atoms with Crippen molar-refractivity contribution in [3.63, 3.8) is 0 Å². The molecule has 0 saturated heterocycles. The minimum absolute atomic E-state index is 0.101. The highest BCUT2D eigenvalue weighted by atomic mass is 16.3. The molecule has 0 heterocycles. The standard InChI is InChI=1S/C11H22O2/c1-6-8(4)11(13)9(5)10(12)7(2)3/h6-7,9-13H,1-5H3/b8-6+/t9-,10-,11-/m0/s1. The number of hydrogen-bond donors (Lipinski definition) is 2.